The summed E-state index contributed by atoms with van der Waals surface area (Å²) in [5.41, 5.74) is 1.21. The maximum absolute atomic E-state index is 13.3. The van der Waals surface area contributed by atoms with Crippen LogP contribution in [-0.2, 0) is 4.74 Å². The molecular weight excluding hydrogens is 167 g/mol. The Morgan fingerprint density at radius 3 is 2.62 bits per heavy atom. The van der Waals surface area contributed by atoms with Gasteiger partial charge in [-0.1, -0.05) is 11.6 Å². The summed E-state index contributed by atoms with van der Waals surface area (Å²) >= 11 is 0. The number of rotatable bonds is 1. The zero-order valence-electron chi connectivity index (χ0n) is 8.14. The van der Waals surface area contributed by atoms with Crippen LogP contribution in [0.25, 0.3) is 0 Å². The molecule has 0 heterocycles. The SMILES string of the molecule is COC1=CCCC=C(C)CC=C1F. The Bertz CT molecular complexity index is 261. The van der Waals surface area contributed by atoms with E-state index in [2.05, 4.69) is 6.08 Å². The van der Waals surface area contributed by atoms with Crippen LogP contribution in [0, 0.1) is 0 Å². The van der Waals surface area contributed by atoms with Crippen LogP contribution in [-0.4, -0.2) is 7.11 Å². The molecule has 1 nitrogen and oxygen atoms in total. The van der Waals surface area contributed by atoms with Crippen LogP contribution >= 0.6 is 0 Å². The largest absolute Gasteiger partial charge is 0.494 e. The third-order valence-corrected chi connectivity index (χ3v) is 2.05. The lowest BCUT2D eigenvalue weighted by Crippen LogP contribution is -1.87. The fourth-order valence-electron chi connectivity index (χ4n) is 1.26. The monoisotopic (exact) mass is 182 g/mol. The molecule has 0 bridgehead atoms. The minimum absolute atomic E-state index is 0.253. The lowest BCUT2D eigenvalue weighted by atomic mass is 10.1. The van der Waals surface area contributed by atoms with Gasteiger partial charge in [0.25, 0.3) is 0 Å². The number of hydrogen-bond donors (Lipinski definition) is 0. The van der Waals surface area contributed by atoms with Gasteiger partial charge in [-0.05, 0) is 38.3 Å². The van der Waals surface area contributed by atoms with E-state index in [0.717, 1.165) is 12.8 Å². The zero-order valence-corrected chi connectivity index (χ0v) is 8.14. The molecule has 0 radical (unpaired) electrons. The highest BCUT2D eigenvalue weighted by molar-refractivity contribution is 5.22. The van der Waals surface area contributed by atoms with Crippen molar-refractivity contribution in [3.63, 3.8) is 0 Å². The molecule has 2 heteroatoms. The molecule has 72 valence electrons. The van der Waals surface area contributed by atoms with E-state index in [1.165, 1.54) is 12.7 Å². The van der Waals surface area contributed by atoms with E-state index >= 15 is 0 Å². The van der Waals surface area contributed by atoms with Crippen LogP contribution < -0.4 is 0 Å². The Kier molecular flexibility index (Phi) is 3.74. The standard InChI is InChI=1S/C11H15FO/c1-9-5-3-4-6-11(13-2)10(12)8-7-9/h5-6,8H,3-4,7H2,1-2H3. The Morgan fingerprint density at radius 2 is 1.92 bits per heavy atom. The van der Waals surface area contributed by atoms with Crippen molar-refractivity contribution < 1.29 is 9.13 Å². The molecule has 0 N–H and O–H groups in total. The van der Waals surface area contributed by atoms with Crippen LogP contribution in [0.2, 0.25) is 0 Å². The molecule has 0 amide bonds. The normalized spacial score (nSPS) is 18.8. The minimum Gasteiger partial charge on any atom is -0.494 e. The first kappa shape index (κ1) is 10.0. The molecule has 13 heavy (non-hydrogen) atoms. The topological polar surface area (TPSA) is 9.23 Å². The second-order valence-electron chi connectivity index (χ2n) is 3.16. The third-order valence-electron chi connectivity index (χ3n) is 2.05. The van der Waals surface area contributed by atoms with Crippen molar-refractivity contribution in [3.8, 4) is 0 Å². The molecule has 0 unspecified atom stereocenters. The lowest BCUT2D eigenvalue weighted by Gasteiger charge is -2.02. The second kappa shape index (κ2) is 4.85. The van der Waals surface area contributed by atoms with Crippen molar-refractivity contribution in [1.82, 2.24) is 0 Å². The van der Waals surface area contributed by atoms with Gasteiger partial charge in [-0.25, -0.2) is 4.39 Å². The minimum atomic E-state index is -0.253. The fraction of sp³-hybridized carbons (Fsp3) is 0.455. The summed E-state index contributed by atoms with van der Waals surface area (Å²) in [6.07, 6.45) is 7.96. The van der Waals surface area contributed by atoms with Crippen LogP contribution in [0.1, 0.15) is 26.2 Å². The van der Waals surface area contributed by atoms with Crippen molar-refractivity contribution in [1.29, 1.82) is 0 Å². The maximum Gasteiger partial charge on any atom is 0.161 e. The quantitative estimate of drug-likeness (QED) is 0.564. The molecule has 0 aromatic carbocycles. The molecule has 0 aromatic rings. The first-order chi connectivity index (χ1) is 6.24. The Labute approximate surface area is 78.6 Å². The number of allylic oxidation sites excluding steroid dienone is 5. The number of hydrogen-bond acceptors (Lipinski definition) is 1. The summed E-state index contributed by atoms with van der Waals surface area (Å²) in [4.78, 5) is 0. The van der Waals surface area contributed by atoms with Crippen molar-refractivity contribution in [2.45, 2.75) is 26.2 Å². The first-order valence-corrected chi connectivity index (χ1v) is 4.50. The van der Waals surface area contributed by atoms with Crippen molar-refractivity contribution in [2.75, 3.05) is 7.11 Å². The predicted molar refractivity (Wildman–Crippen MR) is 51.9 cm³/mol. The Balaban J connectivity index is 2.80. The van der Waals surface area contributed by atoms with Gasteiger partial charge in [0, 0.05) is 0 Å². The molecule has 0 atom stereocenters. The zero-order chi connectivity index (χ0) is 9.68. The third kappa shape index (κ3) is 3.05. The van der Waals surface area contributed by atoms with Crippen LogP contribution in [0.3, 0.4) is 0 Å². The molecule has 0 saturated carbocycles. The van der Waals surface area contributed by atoms with Gasteiger partial charge in [0.15, 0.2) is 5.83 Å². The number of methoxy groups -OCH3 is 1. The van der Waals surface area contributed by atoms with E-state index in [9.17, 15) is 4.39 Å². The van der Waals surface area contributed by atoms with Gasteiger partial charge in [0.1, 0.15) is 5.76 Å². The molecule has 0 aromatic heterocycles. The van der Waals surface area contributed by atoms with Crippen LogP contribution in [0.4, 0.5) is 4.39 Å². The van der Waals surface area contributed by atoms with E-state index in [1.807, 2.05) is 6.92 Å². The molecule has 0 fully saturated rings. The van der Waals surface area contributed by atoms with Gasteiger partial charge in [-0.2, -0.15) is 0 Å². The van der Waals surface area contributed by atoms with E-state index in [0.29, 0.717) is 12.2 Å². The summed E-state index contributed by atoms with van der Waals surface area (Å²) in [5.74, 6) is 0.111. The highest BCUT2D eigenvalue weighted by atomic mass is 19.1. The fourth-order valence-corrected chi connectivity index (χ4v) is 1.26. The van der Waals surface area contributed by atoms with E-state index in [4.69, 9.17) is 4.74 Å². The summed E-state index contributed by atoms with van der Waals surface area (Å²) in [7, 11) is 1.50. The smallest absolute Gasteiger partial charge is 0.161 e. The molecule has 0 saturated heterocycles. The van der Waals surface area contributed by atoms with Crippen LogP contribution in [0.5, 0.6) is 0 Å². The van der Waals surface area contributed by atoms with Crippen molar-refractivity contribution >= 4 is 0 Å². The molecule has 1 aliphatic rings. The summed E-state index contributed by atoms with van der Waals surface area (Å²) in [6, 6.07) is 0. The van der Waals surface area contributed by atoms with Crippen LogP contribution in [0.15, 0.2) is 35.4 Å². The summed E-state index contributed by atoms with van der Waals surface area (Å²) in [5, 5.41) is 0. The van der Waals surface area contributed by atoms with E-state index in [-0.39, 0.29) is 5.83 Å². The maximum atomic E-state index is 13.3. The van der Waals surface area contributed by atoms with E-state index in [1.54, 1.807) is 12.2 Å². The molecule has 0 spiro atoms. The van der Waals surface area contributed by atoms with Gasteiger partial charge >= 0.3 is 0 Å². The van der Waals surface area contributed by atoms with Gasteiger partial charge < -0.3 is 4.74 Å². The summed E-state index contributed by atoms with van der Waals surface area (Å²) < 4.78 is 18.2. The predicted octanol–water partition coefficient (Wildman–Crippen LogP) is 3.50. The van der Waals surface area contributed by atoms with Crippen molar-refractivity contribution in [2.24, 2.45) is 0 Å². The molecule has 1 rings (SSSR count). The average molecular weight is 182 g/mol. The second-order valence-corrected chi connectivity index (χ2v) is 3.16. The van der Waals surface area contributed by atoms with Gasteiger partial charge in [0.05, 0.1) is 7.11 Å². The summed E-state index contributed by atoms with van der Waals surface area (Å²) in [6.45, 7) is 2.02. The van der Waals surface area contributed by atoms with Gasteiger partial charge in [-0.15, -0.1) is 0 Å². The van der Waals surface area contributed by atoms with Gasteiger partial charge in [-0.3, -0.25) is 0 Å². The highest BCUT2D eigenvalue weighted by Gasteiger charge is 2.04. The lowest BCUT2D eigenvalue weighted by molar-refractivity contribution is 0.281. The Hall–Kier alpha value is -1.05. The van der Waals surface area contributed by atoms with E-state index < -0.39 is 0 Å². The highest BCUT2D eigenvalue weighted by Crippen LogP contribution is 2.18. The Morgan fingerprint density at radius 1 is 1.23 bits per heavy atom. The number of ether oxygens (including phenoxy) is 1. The number of halogens is 1. The van der Waals surface area contributed by atoms with Gasteiger partial charge in [0.2, 0.25) is 0 Å². The average Bonchev–Trinajstić information content (AvgIpc) is 2.20. The first-order valence-electron chi connectivity index (χ1n) is 4.50. The molecule has 0 aliphatic heterocycles. The molecular formula is C11H15FO. The van der Waals surface area contributed by atoms with Crippen molar-refractivity contribution in [3.05, 3.63) is 35.4 Å². The molecule has 1 aliphatic carbocycles.